The normalized spacial score (nSPS) is 11.3. The van der Waals surface area contributed by atoms with Crippen molar-refractivity contribution in [3.63, 3.8) is 0 Å². The van der Waals surface area contributed by atoms with E-state index in [0.717, 1.165) is 22.1 Å². The summed E-state index contributed by atoms with van der Waals surface area (Å²) in [7, 11) is 8.68. The Morgan fingerprint density at radius 3 is 1.00 bits per heavy atom. The molecule has 0 aliphatic carbocycles. The quantitative estimate of drug-likeness (QED) is 0.438. The molecule has 8 heteroatoms. The van der Waals surface area contributed by atoms with Crippen molar-refractivity contribution >= 4 is 8.25 Å². The number of quaternary nitrogens is 2. The van der Waals surface area contributed by atoms with Crippen molar-refractivity contribution < 1.29 is 33.5 Å². The van der Waals surface area contributed by atoms with Gasteiger partial charge in [-0.05, 0) is 0 Å². The molecule has 0 aliphatic heterocycles. The predicted molar refractivity (Wildman–Crippen MR) is 69.0 cm³/mol. The molecule has 0 aromatic heterocycles. The second-order valence-electron chi connectivity index (χ2n) is 5.73. The van der Waals surface area contributed by atoms with Crippen LogP contribution in [0.5, 0.6) is 0 Å². The first-order chi connectivity index (χ1) is 7.85. The molecule has 0 atom stereocenters. The molecule has 0 rings (SSSR count). The monoisotopic (exact) mass is 288 g/mol. The molecule has 18 heavy (non-hydrogen) atoms. The molecular formula is C10H29N2O5P. The van der Waals surface area contributed by atoms with Gasteiger partial charge in [0.05, 0.1) is 55.5 Å². The van der Waals surface area contributed by atoms with E-state index >= 15 is 0 Å². The van der Waals surface area contributed by atoms with Crippen LogP contribution in [0, 0.1) is 0 Å². The van der Waals surface area contributed by atoms with E-state index in [2.05, 4.69) is 42.3 Å². The summed E-state index contributed by atoms with van der Waals surface area (Å²) in [5.41, 5.74) is 0. The standard InChI is InChI=1S/2C5H14NO.H3O3P/c2*1-6(2,3)4-5-7;1-4(2)3/h2*7H,4-5H2,1-3H3;4H,(H2,1,2,3)/q2*+1;/p-2. The molecular weight excluding hydrogens is 259 g/mol. The van der Waals surface area contributed by atoms with E-state index in [1.165, 1.54) is 0 Å². The van der Waals surface area contributed by atoms with Crippen LogP contribution in [-0.2, 0) is 4.57 Å². The third kappa shape index (κ3) is 56.3. The Morgan fingerprint density at radius 2 is 1.00 bits per heavy atom. The van der Waals surface area contributed by atoms with Crippen LogP contribution in [0.3, 0.4) is 0 Å². The largest absolute Gasteiger partial charge is 0.813 e. The van der Waals surface area contributed by atoms with Crippen molar-refractivity contribution in [3.8, 4) is 0 Å². The second kappa shape index (κ2) is 12.0. The minimum Gasteiger partial charge on any atom is -0.813 e. The van der Waals surface area contributed by atoms with Gasteiger partial charge in [-0.2, -0.15) is 0 Å². The van der Waals surface area contributed by atoms with Gasteiger partial charge in [0.15, 0.2) is 0 Å². The summed E-state index contributed by atoms with van der Waals surface area (Å²) >= 11 is 0. The molecule has 0 heterocycles. The Morgan fingerprint density at radius 1 is 0.833 bits per heavy atom. The summed E-state index contributed by atoms with van der Waals surface area (Å²) in [6.07, 6.45) is 0. The number of aliphatic hydroxyl groups is 2. The fourth-order valence-corrected chi connectivity index (χ4v) is 0.600. The maximum atomic E-state index is 8.52. The fraction of sp³-hybridized carbons (Fsp3) is 1.00. The van der Waals surface area contributed by atoms with Crippen molar-refractivity contribution in [3.05, 3.63) is 0 Å². The van der Waals surface area contributed by atoms with Gasteiger partial charge in [-0.15, -0.1) is 0 Å². The molecule has 0 aromatic carbocycles. The lowest BCUT2D eigenvalue weighted by Crippen LogP contribution is -2.36. The number of hydrogen-bond acceptors (Lipinski definition) is 5. The fourth-order valence-electron chi connectivity index (χ4n) is 0.600. The van der Waals surface area contributed by atoms with Crippen LogP contribution in [0.15, 0.2) is 0 Å². The lowest BCUT2D eigenvalue weighted by atomic mass is 10.5. The molecule has 7 nitrogen and oxygen atoms in total. The molecule has 0 bridgehead atoms. The van der Waals surface area contributed by atoms with Crippen LogP contribution >= 0.6 is 8.25 Å². The molecule has 0 unspecified atom stereocenters. The third-order valence-corrected chi connectivity index (χ3v) is 1.54. The highest BCUT2D eigenvalue weighted by Gasteiger charge is 2.02. The highest BCUT2D eigenvalue weighted by Crippen LogP contribution is 1.85. The average Bonchev–Trinajstić information content (AvgIpc) is 1.97. The smallest absolute Gasteiger partial charge is 0.101 e. The Hall–Kier alpha value is -0.0100. The number of aliphatic hydroxyl groups excluding tert-OH is 2. The van der Waals surface area contributed by atoms with Gasteiger partial charge in [-0.25, -0.2) is 0 Å². The van der Waals surface area contributed by atoms with E-state index in [-0.39, 0.29) is 13.2 Å². The number of rotatable bonds is 4. The van der Waals surface area contributed by atoms with Crippen LogP contribution in [-0.4, -0.2) is 87.8 Å². The second-order valence-corrected chi connectivity index (χ2v) is 6.23. The van der Waals surface area contributed by atoms with Crippen LogP contribution in [0.25, 0.3) is 0 Å². The van der Waals surface area contributed by atoms with Crippen molar-refractivity contribution in [2.75, 3.05) is 68.6 Å². The SMILES string of the molecule is C[N+](C)(C)CCO.C[N+](C)(C)CCO.O=[PH]([O-])[O-]. The van der Waals surface area contributed by atoms with Crippen LogP contribution in [0.1, 0.15) is 0 Å². The summed E-state index contributed by atoms with van der Waals surface area (Å²) < 4.78 is 10.2. The van der Waals surface area contributed by atoms with Crippen molar-refractivity contribution in [1.82, 2.24) is 0 Å². The predicted octanol–water partition coefficient (Wildman–Crippen LogP) is -2.53. The molecule has 0 aliphatic rings. The Bertz CT molecular complexity index is 181. The van der Waals surface area contributed by atoms with Gasteiger partial charge in [0, 0.05) is 0 Å². The summed E-state index contributed by atoms with van der Waals surface area (Å²) in [6, 6.07) is 0. The zero-order chi connectivity index (χ0) is 15.4. The van der Waals surface area contributed by atoms with Gasteiger partial charge in [-0.3, -0.25) is 0 Å². The summed E-state index contributed by atoms with van der Waals surface area (Å²) in [6.45, 7) is 2.23. The summed E-state index contributed by atoms with van der Waals surface area (Å²) in [4.78, 5) is 17.0. The zero-order valence-corrected chi connectivity index (χ0v) is 13.3. The highest BCUT2D eigenvalue weighted by molar-refractivity contribution is 7.27. The van der Waals surface area contributed by atoms with Gasteiger partial charge in [-0.1, -0.05) is 8.25 Å². The van der Waals surface area contributed by atoms with E-state index in [1.807, 2.05) is 0 Å². The Kier molecular flexibility index (Phi) is 15.5. The van der Waals surface area contributed by atoms with E-state index in [1.54, 1.807) is 0 Å². The van der Waals surface area contributed by atoms with Crippen LogP contribution in [0.2, 0.25) is 0 Å². The van der Waals surface area contributed by atoms with E-state index in [0.29, 0.717) is 0 Å². The Labute approximate surface area is 111 Å². The lowest BCUT2D eigenvalue weighted by Gasteiger charge is -2.21. The maximum absolute atomic E-state index is 8.52. The molecule has 0 saturated heterocycles. The van der Waals surface area contributed by atoms with Crippen molar-refractivity contribution in [2.45, 2.75) is 0 Å². The van der Waals surface area contributed by atoms with Crippen molar-refractivity contribution in [1.29, 1.82) is 0 Å². The minimum atomic E-state index is -3.63. The average molecular weight is 288 g/mol. The van der Waals surface area contributed by atoms with Gasteiger partial charge in [0.2, 0.25) is 0 Å². The van der Waals surface area contributed by atoms with Crippen LogP contribution in [0.4, 0.5) is 0 Å². The number of nitrogens with zero attached hydrogens (tertiary/aromatic N) is 2. The van der Waals surface area contributed by atoms with E-state index in [9.17, 15) is 0 Å². The summed E-state index contributed by atoms with van der Waals surface area (Å²) in [5, 5.41) is 16.8. The molecule has 0 amide bonds. The zero-order valence-electron chi connectivity index (χ0n) is 12.3. The molecule has 114 valence electrons. The molecule has 0 fully saturated rings. The minimum absolute atomic E-state index is 0.281. The van der Waals surface area contributed by atoms with E-state index < -0.39 is 8.25 Å². The highest BCUT2D eigenvalue weighted by atomic mass is 31.1. The third-order valence-electron chi connectivity index (χ3n) is 1.54. The maximum Gasteiger partial charge on any atom is 0.101 e. The van der Waals surface area contributed by atoms with E-state index in [4.69, 9.17) is 24.6 Å². The lowest BCUT2D eigenvalue weighted by molar-refractivity contribution is -0.870. The molecule has 0 aromatic rings. The van der Waals surface area contributed by atoms with Gasteiger partial charge in [0.25, 0.3) is 0 Å². The number of hydrogen-bond donors (Lipinski definition) is 2. The summed E-state index contributed by atoms with van der Waals surface area (Å²) in [5.74, 6) is 0. The van der Waals surface area contributed by atoms with Gasteiger partial charge < -0.3 is 33.5 Å². The Balaban J connectivity index is -0.000000196. The first-order valence-electron chi connectivity index (χ1n) is 5.56. The molecule has 0 radical (unpaired) electrons. The topological polar surface area (TPSA) is 104 Å². The van der Waals surface area contributed by atoms with Crippen LogP contribution < -0.4 is 9.79 Å². The van der Waals surface area contributed by atoms with Gasteiger partial charge >= 0.3 is 0 Å². The molecule has 0 saturated carbocycles. The van der Waals surface area contributed by atoms with Gasteiger partial charge in [0.1, 0.15) is 13.1 Å². The molecule has 0 spiro atoms. The number of likely N-dealkylation sites (N-methyl/N-ethyl adjacent to an activating group) is 2. The molecule has 2 N–H and O–H groups in total. The first-order valence-corrected chi connectivity index (χ1v) is 6.79. The van der Waals surface area contributed by atoms with Crippen molar-refractivity contribution in [2.24, 2.45) is 0 Å². The first kappa shape index (κ1) is 23.1.